The minimum Gasteiger partial charge on any atom is -0.379 e. The molecule has 27 heavy (non-hydrogen) atoms. The van der Waals surface area contributed by atoms with Gasteiger partial charge in [-0.25, -0.2) is 4.79 Å². The number of urea groups is 1. The van der Waals surface area contributed by atoms with Crippen LogP contribution in [-0.4, -0.2) is 78.1 Å². The van der Waals surface area contributed by atoms with E-state index in [1.54, 1.807) is 0 Å². The molecule has 0 aromatic rings. The fraction of sp³-hybridized carbons (Fsp3) is 0.842. The van der Waals surface area contributed by atoms with Crippen LogP contribution in [0.2, 0.25) is 0 Å². The van der Waals surface area contributed by atoms with Crippen molar-refractivity contribution in [2.24, 2.45) is 11.8 Å². The van der Waals surface area contributed by atoms with Gasteiger partial charge in [-0.15, -0.1) is 0 Å². The van der Waals surface area contributed by atoms with Gasteiger partial charge in [0, 0.05) is 25.2 Å². The predicted octanol–water partition coefficient (Wildman–Crippen LogP) is 0.324. The molecule has 150 valence electrons. The van der Waals surface area contributed by atoms with Crippen LogP contribution in [0.25, 0.3) is 0 Å². The molecule has 4 fully saturated rings. The third-order valence-electron chi connectivity index (χ3n) is 6.49. The van der Waals surface area contributed by atoms with Crippen LogP contribution in [0, 0.1) is 11.8 Å². The number of carbonyl (C=O) groups is 3. The van der Waals surface area contributed by atoms with E-state index in [4.69, 9.17) is 4.74 Å². The number of hydrogen-bond donors (Lipinski definition) is 2. The molecule has 2 saturated carbocycles. The van der Waals surface area contributed by atoms with Gasteiger partial charge in [0.15, 0.2) is 0 Å². The number of nitrogens with zero attached hydrogens (tertiary/aromatic N) is 2. The van der Waals surface area contributed by atoms with Gasteiger partial charge in [0.2, 0.25) is 5.91 Å². The predicted molar refractivity (Wildman–Crippen MR) is 97.9 cm³/mol. The molecule has 2 heterocycles. The van der Waals surface area contributed by atoms with Crippen molar-refractivity contribution in [1.82, 2.24) is 20.4 Å². The molecule has 2 aliphatic carbocycles. The molecule has 0 atom stereocenters. The van der Waals surface area contributed by atoms with E-state index in [1.807, 2.05) is 0 Å². The van der Waals surface area contributed by atoms with Crippen molar-refractivity contribution in [3.05, 3.63) is 0 Å². The van der Waals surface area contributed by atoms with Crippen molar-refractivity contribution in [2.75, 3.05) is 39.4 Å². The van der Waals surface area contributed by atoms with Crippen LogP contribution in [0.5, 0.6) is 0 Å². The van der Waals surface area contributed by atoms with Crippen LogP contribution in [-0.2, 0) is 14.3 Å². The summed E-state index contributed by atoms with van der Waals surface area (Å²) >= 11 is 0. The zero-order valence-electron chi connectivity index (χ0n) is 16.3. The number of amides is 4. The Morgan fingerprint density at radius 1 is 1.19 bits per heavy atom. The van der Waals surface area contributed by atoms with Gasteiger partial charge in [0.05, 0.1) is 13.2 Å². The first-order chi connectivity index (χ1) is 12.8. The van der Waals surface area contributed by atoms with E-state index < -0.39 is 11.6 Å². The standard InChI is InChI=1S/C19H30N4O4/c1-18(2,22-7-9-27-10-8-22)12-20-15(24)11-23-16(25)19(13-3-4-13,14-5-6-14)21-17(23)26/h13-14H,3-12H2,1-2H3,(H,20,24)(H,21,26). The van der Waals surface area contributed by atoms with Gasteiger partial charge in [0.25, 0.3) is 5.91 Å². The molecule has 4 amide bonds. The molecule has 4 aliphatic rings. The fourth-order valence-corrected chi connectivity index (χ4v) is 4.52. The second-order valence-electron chi connectivity index (χ2n) is 8.93. The van der Waals surface area contributed by atoms with E-state index in [0.717, 1.165) is 43.7 Å². The van der Waals surface area contributed by atoms with E-state index in [0.29, 0.717) is 19.8 Å². The average molecular weight is 378 g/mol. The van der Waals surface area contributed by atoms with Crippen LogP contribution in [0.1, 0.15) is 39.5 Å². The van der Waals surface area contributed by atoms with E-state index in [9.17, 15) is 14.4 Å². The molecular formula is C19H30N4O4. The summed E-state index contributed by atoms with van der Waals surface area (Å²) in [6.07, 6.45) is 3.93. The molecule has 0 aromatic heterocycles. The quantitative estimate of drug-likeness (QED) is 0.623. The molecule has 8 nitrogen and oxygen atoms in total. The van der Waals surface area contributed by atoms with Crippen LogP contribution < -0.4 is 10.6 Å². The lowest BCUT2D eigenvalue weighted by atomic mass is 9.87. The second-order valence-corrected chi connectivity index (χ2v) is 8.93. The molecule has 0 bridgehead atoms. The third-order valence-corrected chi connectivity index (χ3v) is 6.49. The maximum atomic E-state index is 13.0. The summed E-state index contributed by atoms with van der Waals surface area (Å²) in [5, 5.41) is 5.87. The monoisotopic (exact) mass is 378 g/mol. The first-order valence-corrected chi connectivity index (χ1v) is 10.1. The first kappa shape index (κ1) is 18.7. The van der Waals surface area contributed by atoms with E-state index in [-0.39, 0.29) is 35.7 Å². The SMILES string of the molecule is CC(C)(CNC(=O)CN1C(=O)NC(C2CC2)(C2CC2)C1=O)N1CCOCC1. The van der Waals surface area contributed by atoms with Crippen molar-refractivity contribution in [3.63, 3.8) is 0 Å². The molecule has 2 aliphatic heterocycles. The highest BCUT2D eigenvalue weighted by molar-refractivity contribution is 6.09. The number of rotatable bonds is 7. The molecular weight excluding hydrogens is 348 g/mol. The highest BCUT2D eigenvalue weighted by Gasteiger charge is 2.65. The normalized spacial score (nSPS) is 26.2. The van der Waals surface area contributed by atoms with Crippen molar-refractivity contribution in [2.45, 2.75) is 50.6 Å². The summed E-state index contributed by atoms with van der Waals surface area (Å²) in [5.41, 5.74) is -0.938. The lowest BCUT2D eigenvalue weighted by Crippen LogP contribution is -2.56. The molecule has 0 aromatic carbocycles. The Morgan fingerprint density at radius 2 is 1.78 bits per heavy atom. The fourth-order valence-electron chi connectivity index (χ4n) is 4.52. The summed E-state index contributed by atoms with van der Waals surface area (Å²) in [7, 11) is 0. The molecule has 8 heteroatoms. The lowest BCUT2D eigenvalue weighted by molar-refractivity contribution is -0.136. The maximum Gasteiger partial charge on any atom is 0.325 e. The Morgan fingerprint density at radius 3 is 2.33 bits per heavy atom. The summed E-state index contributed by atoms with van der Waals surface area (Å²) in [6.45, 7) is 7.49. The molecule has 2 saturated heterocycles. The maximum absolute atomic E-state index is 13.0. The van der Waals surface area contributed by atoms with Crippen LogP contribution >= 0.6 is 0 Å². The van der Waals surface area contributed by atoms with Gasteiger partial charge in [-0.2, -0.15) is 0 Å². The Bertz CT molecular complexity index is 624. The Kier molecular flexibility index (Phi) is 4.66. The second kappa shape index (κ2) is 6.74. The Balaban J connectivity index is 1.34. The van der Waals surface area contributed by atoms with Crippen molar-refractivity contribution < 1.29 is 19.1 Å². The highest BCUT2D eigenvalue weighted by atomic mass is 16.5. The molecule has 0 radical (unpaired) electrons. The number of ether oxygens (including phenoxy) is 1. The van der Waals surface area contributed by atoms with Gasteiger partial charge >= 0.3 is 6.03 Å². The van der Waals surface area contributed by atoms with E-state index >= 15 is 0 Å². The van der Waals surface area contributed by atoms with Crippen molar-refractivity contribution in [3.8, 4) is 0 Å². The van der Waals surface area contributed by atoms with Gasteiger partial charge in [-0.1, -0.05) is 0 Å². The highest BCUT2D eigenvalue weighted by Crippen LogP contribution is 2.54. The van der Waals surface area contributed by atoms with Crippen molar-refractivity contribution >= 4 is 17.8 Å². The zero-order valence-corrected chi connectivity index (χ0v) is 16.3. The zero-order chi connectivity index (χ0) is 19.2. The largest absolute Gasteiger partial charge is 0.379 e. The number of carbonyl (C=O) groups excluding carboxylic acids is 3. The minimum absolute atomic E-state index is 0.194. The summed E-state index contributed by atoms with van der Waals surface area (Å²) in [4.78, 5) is 41.3. The molecule has 4 rings (SSSR count). The number of imide groups is 1. The molecule has 2 N–H and O–H groups in total. The van der Waals surface area contributed by atoms with E-state index in [2.05, 4.69) is 29.4 Å². The summed E-state index contributed by atoms with van der Waals surface area (Å²) in [6, 6.07) is -0.415. The average Bonchev–Trinajstić information content (AvgIpc) is 3.55. The smallest absolute Gasteiger partial charge is 0.325 e. The van der Waals surface area contributed by atoms with Gasteiger partial charge in [-0.3, -0.25) is 19.4 Å². The topological polar surface area (TPSA) is 91.0 Å². The number of hydrogen-bond acceptors (Lipinski definition) is 5. The minimum atomic E-state index is -0.732. The first-order valence-electron chi connectivity index (χ1n) is 10.1. The summed E-state index contributed by atoms with van der Waals surface area (Å²) in [5.74, 6) is 0.00634. The number of nitrogens with one attached hydrogen (secondary N) is 2. The van der Waals surface area contributed by atoms with E-state index in [1.165, 1.54) is 0 Å². The Hall–Kier alpha value is -1.67. The summed E-state index contributed by atoms with van der Waals surface area (Å²) < 4.78 is 5.38. The molecule has 0 spiro atoms. The van der Waals surface area contributed by atoms with Crippen LogP contribution in [0.3, 0.4) is 0 Å². The Labute approximate surface area is 160 Å². The van der Waals surface area contributed by atoms with Crippen molar-refractivity contribution in [1.29, 1.82) is 0 Å². The van der Waals surface area contributed by atoms with Gasteiger partial charge < -0.3 is 15.4 Å². The lowest BCUT2D eigenvalue weighted by Gasteiger charge is -2.40. The van der Waals surface area contributed by atoms with Gasteiger partial charge in [0.1, 0.15) is 12.1 Å². The number of morpholine rings is 1. The van der Waals surface area contributed by atoms with Gasteiger partial charge in [-0.05, 0) is 51.4 Å². The molecule has 0 unspecified atom stereocenters. The van der Waals surface area contributed by atoms with Crippen LogP contribution in [0.15, 0.2) is 0 Å². The van der Waals surface area contributed by atoms with Crippen LogP contribution in [0.4, 0.5) is 4.79 Å². The third kappa shape index (κ3) is 3.45.